The molecule has 1 aromatic rings. The van der Waals surface area contributed by atoms with Crippen LogP contribution in [-0.4, -0.2) is 35.3 Å². The molecule has 1 aliphatic heterocycles. The Hall–Kier alpha value is -1.14. The summed E-state index contributed by atoms with van der Waals surface area (Å²) in [5.74, 6) is -0.645. The summed E-state index contributed by atoms with van der Waals surface area (Å²) < 4.78 is 5.39. The van der Waals surface area contributed by atoms with Crippen molar-refractivity contribution >= 4 is 22.4 Å². The molecule has 5 nitrogen and oxygen atoms in total. The molecule has 6 heteroatoms. The number of hydrogen-bond donors (Lipinski definition) is 2. The average Bonchev–Trinajstić information content (AvgIpc) is 3.03. The van der Waals surface area contributed by atoms with Crippen LogP contribution < -0.4 is 5.32 Å². The fraction of sp³-hybridized carbons (Fsp3) is 0.692. The normalized spacial score (nSPS) is 27.2. The van der Waals surface area contributed by atoms with Crippen LogP contribution in [-0.2, 0) is 16.0 Å². The highest BCUT2D eigenvalue weighted by atomic mass is 32.1. The summed E-state index contributed by atoms with van der Waals surface area (Å²) in [6.07, 6.45) is 2.61. The molecule has 0 spiro atoms. The van der Waals surface area contributed by atoms with Crippen molar-refractivity contribution in [2.24, 2.45) is 5.92 Å². The topological polar surface area (TPSA) is 71.5 Å². The predicted octanol–water partition coefficient (Wildman–Crippen LogP) is 2.09. The number of hydrogen-bond acceptors (Lipinski definition) is 5. The zero-order valence-corrected chi connectivity index (χ0v) is 11.7. The first-order valence-electron chi connectivity index (χ1n) is 6.72. The van der Waals surface area contributed by atoms with Gasteiger partial charge in [-0.25, -0.2) is 4.98 Å². The third-order valence-electron chi connectivity index (χ3n) is 4.04. The molecule has 1 fully saturated rings. The van der Waals surface area contributed by atoms with Gasteiger partial charge in [0.25, 0.3) is 0 Å². The van der Waals surface area contributed by atoms with Crippen molar-refractivity contribution in [3.05, 3.63) is 10.6 Å². The van der Waals surface area contributed by atoms with E-state index in [1.165, 1.54) is 0 Å². The number of nitrogens with one attached hydrogen (secondary N) is 1. The molecule has 104 valence electrons. The summed E-state index contributed by atoms with van der Waals surface area (Å²) in [5.41, 5.74) is 0.773. The minimum Gasteiger partial charge on any atom is -0.481 e. The lowest BCUT2D eigenvalue weighted by atomic mass is 10.0. The third-order valence-corrected chi connectivity index (χ3v) is 5.10. The lowest BCUT2D eigenvalue weighted by Gasteiger charge is -2.18. The molecule has 1 saturated heterocycles. The number of carbonyl (C=O) groups is 1. The fourth-order valence-corrected chi connectivity index (χ4v) is 3.92. The van der Waals surface area contributed by atoms with Crippen LogP contribution in [0.15, 0.2) is 0 Å². The standard InChI is InChI=1S/C13H18N2O3S/c1-7(8-4-5-18-6-8)14-13-15-11-9(12(16)17)2-3-10(11)19-13/h7-9H,2-6H2,1H3,(H,14,15)(H,16,17). The number of carboxylic acid groups (broad SMARTS) is 1. The highest BCUT2D eigenvalue weighted by Gasteiger charge is 2.33. The monoisotopic (exact) mass is 282 g/mol. The number of carboxylic acids is 1. The smallest absolute Gasteiger partial charge is 0.312 e. The molecule has 19 heavy (non-hydrogen) atoms. The molecular weight excluding hydrogens is 264 g/mol. The van der Waals surface area contributed by atoms with Gasteiger partial charge in [-0.05, 0) is 26.2 Å². The van der Waals surface area contributed by atoms with Crippen LogP contribution in [0.5, 0.6) is 0 Å². The molecule has 3 rings (SSSR count). The highest BCUT2D eigenvalue weighted by Crippen LogP contribution is 2.38. The summed E-state index contributed by atoms with van der Waals surface area (Å²) in [6, 6.07) is 0.317. The highest BCUT2D eigenvalue weighted by molar-refractivity contribution is 7.15. The molecule has 3 atom stereocenters. The van der Waals surface area contributed by atoms with Crippen molar-refractivity contribution in [3.8, 4) is 0 Å². The van der Waals surface area contributed by atoms with Gasteiger partial charge in [-0.3, -0.25) is 4.79 Å². The van der Waals surface area contributed by atoms with E-state index in [4.69, 9.17) is 9.84 Å². The van der Waals surface area contributed by atoms with E-state index in [0.717, 1.165) is 41.8 Å². The van der Waals surface area contributed by atoms with E-state index in [1.54, 1.807) is 11.3 Å². The molecule has 1 aliphatic carbocycles. The summed E-state index contributed by atoms with van der Waals surface area (Å²) >= 11 is 1.60. The van der Waals surface area contributed by atoms with Gasteiger partial charge in [0.2, 0.25) is 0 Å². The molecule has 3 unspecified atom stereocenters. The van der Waals surface area contributed by atoms with E-state index in [-0.39, 0.29) is 0 Å². The van der Waals surface area contributed by atoms with Gasteiger partial charge in [0.15, 0.2) is 5.13 Å². The lowest BCUT2D eigenvalue weighted by Crippen LogP contribution is -2.26. The second-order valence-corrected chi connectivity index (χ2v) is 6.40. The fourth-order valence-electron chi connectivity index (χ4n) is 2.79. The first-order chi connectivity index (χ1) is 9.15. The molecular formula is C13H18N2O3S. The van der Waals surface area contributed by atoms with Gasteiger partial charge in [-0.2, -0.15) is 0 Å². The first-order valence-corrected chi connectivity index (χ1v) is 7.53. The number of ether oxygens (including phenoxy) is 1. The number of nitrogens with zero attached hydrogens (tertiary/aromatic N) is 1. The van der Waals surface area contributed by atoms with Crippen molar-refractivity contribution in [2.75, 3.05) is 18.5 Å². The number of rotatable bonds is 4. The minimum atomic E-state index is -0.757. The molecule has 0 amide bonds. The molecule has 0 saturated carbocycles. The second kappa shape index (κ2) is 5.09. The Bertz CT molecular complexity index is 482. The van der Waals surface area contributed by atoms with Gasteiger partial charge in [0, 0.05) is 23.4 Å². The van der Waals surface area contributed by atoms with Crippen LogP contribution in [0.1, 0.15) is 36.3 Å². The van der Waals surface area contributed by atoms with Crippen LogP contribution in [0.25, 0.3) is 0 Å². The maximum absolute atomic E-state index is 11.1. The Kier molecular flexibility index (Phi) is 3.45. The van der Waals surface area contributed by atoms with Gasteiger partial charge in [-0.1, -0.05) is 0 Å². The van der Waals surface area contributed by atoms with Crippen molar-refractivity contribution in [1.82, 2.24) is 4.98 Å². The molecule has 0 aromatic carbocycles. The van der Waals surface area contributed by atoms with E-state index >= 15 is 0 Å². The van der Waals surface area contributed by atoms with E-state index in [0.29, 0.717) is 18.4 Å². The number of thiazole rings is 1. The molecule has 2 heterocycles. The Morgan fingerprint density at radius 1 is 1.58 bits per heavy atom. The number of aliphatic carboxylic acids is 1. The maximum Gasteiger partial charge on any atom is 0.312 e. The minimum absolute atomic E-state index is 0.317. The summed E-state index contributed by atoms with van der Waals surface area (Å²) in [5, 5.41) is 13.4. The number of aryl methyl sites for hydroxylation is 1. The Labute approximate surface area is 116 Å². The van der Waals surface area contributed by atoms with Crippen molar-refractivity contribution < 1.29 is 14.6 Å². The molecule has 0 bridgehead atoms. The van der Waals surface area contributed by atoms with Gasteiger partial charge in [-0.15, -0.1) is 11.3 Å². The number of anilines is 1. The zero-order valence-electron chi connectivity index (χ0n) is 10.9. The molecule has 1 aromatic heterocycles. The van der Waals surface area contributed by atoms with Crippen LogP contribution in [0.4, 0.5) is 5.13 Å². The van der Waals surface area contributed by atoms with Gasteiger partial charge >= 0.3 is 5.97 Å². The SMILES string of the molecule is CC(Nc1nc2c(s1)CCC2C(=O)O)C1CCOC1. The van der Waals surface area contributed by atoms with E-state index < -0.39 is 11.9 Å². The average molecular weight is 282 g/mol. The van der Waals surface area contributed by atoms with Crippen LogP contribution in [0.3, 0.4) is 0 Å². The Balaban J connectivity index is 1.70. The Morgan fingerprint density at radius 3 is 3.11 bits per heavy atom. The van der Waals surface area contributed by atoms with Gasteiger partial charge < -0.3 is 15.2 Å². The quantitative estimate of drug-likeness (QED) is 0.885. The summed E-state index contributed by atoms with van der Waals surface area (Å²) in [7, 11) is 0. The van der Waals surface area contributed by atoms with E-state index in [2.05, 4.69) is 17.2 Å². The molecule has 2 aliphatic rings. The van der Waals surface area contributed by atoms with Gasteiger partial charge in [0.05, 0.1) is 12.3 Å². The number of fused-ring (bicyclic) bond motifs is 1. The summed E-state index contributed by atoms with van der Waals surface area (Å²) in [6.45, 7) is 3.78. The van der Waals surface area contributed by atoms with E-state index in [1.807, 2.05) is 0 Å². The largest absolute Gasteiger partial charge is 0.481 e. The lowest BCUT2D eigenvalue weighted by molar-refractivity contribution is -0.138. The van der Waals surface area contributed by atoms with Crippen molar-refractivity contribution in [3.63, 3.8) is 0 Å². The van der Waals surface area contributed by atoms with E-state index in [9.17, 15) is 4.79 Å². The first kappa shape index (κ1) is 12.9. The van der Waals surface area contributed by atoms with Crippen LogP contribution in [0.2, 0.25) is 0 Å². The Morgan fingerprint density at radius 2 is 2.42 bits per heavy atom. The van der Waals surface area contributed by atoms with Crippen LogP contribution in [0, 0.1) is 5.92 Å². The maximum atomic E-state index is 11.1. The third kappa shape index (κ3) is 2.47. The molecule has 0 radical (unpaired) electrons. The van der Waals surface area contributed by atoms with Crippen LogP contribution >= 0.6 is 11.3 Å². The summed E-state index contributed by atoms with van der Waals surface area (Å²) in [4.78, 5) is 16.8. The number of aromatic nitrogens is 1. The second-order valence-electron chi connectivity index (χ2n) is 5.31. The van der Waals surface area contributed by atoms with Gasteiger partial charge in [0.1, 0.15) is 5.92 Å². The van der Waals surface area contributed by atoms with Crippen molar-refractivity contribution in [1.29, 1.82) is 0 Å². The molecule has 2 N–H and O–H groups in total. The predicted molar refractivity (Wildman–Crippen MR) is 72.8 cm³/mol. The zero-order chi connectivity index (χ0) is 13.4. The van der Waals surface area contributed by atoms with Crippen molar-refractivity contribution in [2.45, 2.75) is 38.1 Å².